The first-order valence-electron chi connectivity index (χ1n) is 12.8. The van der Waals surface area contributed by atoms with E-state index < -0.39 is 0 Å². The number of halogens is 2. The second kappa shape index (κ2) is 17.3. The summed E-state index contributed by atoms with van der Waals surface area (Å²) in [6, 6.07) is 3.29. The Morgan fingerprint density at radius 1 is 1.20 bits per heavy atom. The van der Waals surface area contributed by atoms with Crippen LogP contribution in [0.2, 0.25) is 10.0 Å². The van der Waals surface area contributed by atoms with Gasteiger partial charge < -0.3 is 15.8 Å². The van der Waals surface area contributed by atoms with Gasteiger partial charge in [-0.15, -0.1) is 25.7 Å². The Labute approximate surface area is 250 Å². The van der Waals surface area contributed by atoms with Crippen LogP contribution in [0.15, 0.2) is 41.9 Å². The van der Waals surface area contributed by atoms with Gasteiger partial charge in [0.15, 0.2) is 5.96 Å². The van der Waals surface area contributed by atoms with Crippen molar-refractivity contribution >= 4 is 41.5 Å². The van der Waals surface area contributed by atoms with E-state index >= 15 is 0 Å². The molecule has 3 aliphatic rings. The lowest BCUT2D eigenvalue weighted by atomic mass is 9.90. The quantitative estimate of drug-likeness (QED) is 0.239. The number of ether oxygens (including phenoxy) is 1. The van der Waals surface area contributed by atoms with Crippen LogP contribution < -0.4 is 15.8 Å². The van der Waals surface area contributed by atoms with Gasteiger partial charge in [0, 0.05) is 23.6 Å². The summed E-state index contributed by atoms with van der Waals surface area (Å²) in [5.41, 5.74) is 5.92. The van der Waals surface area contributed by atoms with E-state index in [0.717, 1.165) is 12.1 Å². The number of hydrogen-bond acceptors (Lipinski definition) is 5. The minimum Gasteiger partial charge on any atom is -0.486 e. The lowest BCUT2D eigenvalue weighted by Crippen LogP contribution is -2.50. The van der Waals surface area contributed by atoms with Crippen LogP contribution in [0.5, 0.6) is 5.75 Å². The normalized spacial score (nSPS) is 19.5. The van der Waals surface area contributed by atoms with Crippen LogP contribution >= 0.6 is 23.2 Å². The van der Waals surface area contributed by atoms with Gasteiger partial charge in [-0.25, -0.2) is 4.99 Å². The molecule has 4 rings (SSSR count). The third-order valence-electron chi connectivity index (χ3n) is 5.80. The summed E-state index contributed by atoms with van der Waals surface area (Å²) >= 11 is 12.1. The van der Waals surface area contributed by atoms with Crippen molar-refractivity contribution in [3.8, 4) is 31.4 Å². The fourth-order valence-corrected chi connectivity index (χ4v) is 4.54. The Bertz CT molecular complexity index is 1100. The zero-order chi connectivity index (χ0) is 31.1. The summed E-state index contributed by atoms with van der Waals surface area (Å²) in [5, 5.41) is 3.78. The smallest absolute Gasteiger partial charge is 0.231 e. The minimum atomic E-state index is -0.370. The molecule has 0 saturated heterocycles. The number of terminal acetylenes is 2. The number of nitrogens with one attached hydrogen (secondary N) is 1. The number of nitrogens with zero attached hydrogens (tertiary/aromatic N) is 2. The summed E-state index contributed by atoms with van der Waals surface area (Å²) in [7, 11) is 0. The van der Waals surface area contributed by atoms with Gasteiger partial charge in [0.05, 0.1) is 23.0 Å². The van der Waals surface area contributed by atoms with Gasteiger partial charge in [0.25, 0.3) is 0 Å². The molecule has 0 aromatic heterocycles. The number of benzene rings is 1. The van der Waals surface area contributed by atoms with Crippen molar-refractivity contribution in [2.75, 3.05) is 6.54 Å². The molecule has 1 aromatic rings. The maximum atomic E-state index is 11.7. The van der Waals surface area contributed by atoms with Crippen LogP contribution in [0, 0.1) is 31.6 Å². The first kappa shape index (κ1) is 36.6. The Hall–Kier alpha value is -3.39. The van der Waals surface area contributed by atoms with Gasteiger partial charge >= 0.3 is 0 Å². The van der Waals surface area contributed by atoms with E-state index in [9.17, 15) is 9.59 Å². The minimum absolute atomic E-state index is 0.120. The molecule has 2 heterocycles. The van der Waals surface area contributed by atoms with E-state index in [1.54, 1.807) is 23.1 Å². The highest BCUT2D eigenvalue weighted by Gasteiger charge is 2.36. The molecule has 0 radical (unpaired) electrons. The number of guanidine groups is 1. The molecule has 7 nitrogen and oxygen atoms in total. The van der Waals surface area contributed by atoms with Crippen LogP contribution in [0.4, 0.5) is 0 Å². The fourth-order valence-electron chi connectivity index (χ4n) is 3.99. The number of amides is 2. The molecule has 0 spiro atoms. The SMILES string of the molecule is C#C.C#C.C=C/C=C\C.CC1(C)CC(=O)N(CC2CC2)C(N)=N1.CC1(C)CC(NC=O)c2cc(Cl)cc(Cl)c2O1. The lowest BCUT2D eigenvalue weighted by Gasteiger charge is -2.37. The monoisotopic (exact) mass is 588 g/mol. The summed E-state index contributed by atoms with van der Waals surface area (Å²) in [6.45, 7) is 14.0. The highest BCUT2D eigenvalue weighted by Crippen LogP contribution is 2.44. The van der Waals surface area contributed by atoms with Gasteiger partial charge in [-0.3, -0.25) is 14.5 Å². The number of aliphatic imine (C=N–C) groups is 1. The molecular weight excluding hydrogens is 547 g/mol. The number of hydrogen-bond donors (Lipinski definition) is 2. The summed E-state index contributed by atoms with van der Waals surface area (Å²) < 4.78 is 5.84. The molecule has 1 unspecified atom stereocenters. The molecule has 1 atom stereocenters. The van der Waals surface area contributed by atoms with Crippen LogP contribution in [0.25, 0.3) is 0 Å². The van der Waals surface area contributed by atoms with E-state index in [0.29, 0.717) is 46.9 Å². The number of carbonyl (C=O) groups is 2. The van der Waals surface area contributed by atoms with E-state index in [2.05, 4.69) is 42.6 Å². The van der Waals surface area contributed by atoms with Crippen LogP contribution in [-0.4, -0.2) is 40.9 Å². The summed E-state index contributed by atoms with van der Waals surface area (Å²) in [6.07, 6.45) is 25.9. The van der Waals surface area contributed by atoms with Crippen LogP contribution in [-0.2, 0) is 9.59 Å². The Morgan fingerprint density at radius 2 is 1.80 bits per heavy atom. The molecule has 1 saturated carbocycles. The van der Waals surface area contributed by atoms with Crippen molar-refractivity contribution < 1.29 is 14.3 Å². The molecule has 1 fully saturated rings. The molecule has 40 heavy (non-hydrogen) atoms. The topological polar surface area (TPSA) is 97.0 Å². The lowest BCUT2D eigenvalue weighted by molar-refractivity contribution is -0.129. The zero-order valence-corrected chi connectivity index (χ0v) is 25.6. The highest BCUT2D eigenvalue weighted by molar-refractivity contribution is 6.35. The van der Waals surface area contributed by atoms with Gasteiger partial charge in [-0.2, -0.15) is 0 Å². The average molecular weight is 590 g/mol. The van der Waals surface area contributed by atoms with Crippen molar-refractivity contribution in [2.24, 2.45) is 16.6 Å². The second-order valence-electron chi connectivity index (χ2n) is 10.4. The predicted octanol–water partition coefficient (Wildman–Crippen LogP) is 6.31. The number of fused-ring (bicyclic) bond motifs is 1. The maximum absolute atomic E-state index is 11.7. The first-order valence-corrected chi connectivity index (χ1v) is 13.5. The Morgan fingerprint density at radius 3 is 2.25 bits per heavy atom. The van der Waals surface area contributed by atoms with Crippen molar-refractivity contribution in [1.29, 1.82) is 0 Å². The number of rotatable bonds is 5. The second-order valence-corrected chi connectivity index (χ2v) is 11.2. The van der Waals surface area contributed by atoms with Gasteiger partial charge in [-0.05, 0) is 65.5 Å². The number of allylic oxidation sites excluding steroid dienone is 3. The predicted molar refractivity (Wildman–Crippen MR) is 167 cm³/mol. The van der Waals surface area contributed by atoms with Crippen LogP contribution in [0.3, 0.4) is 0 Å². The maximum Gasteiger partial charge on any atom is 0.231 e. The molecular formula is C31H42Cl2N4O3. The number of nitrogens with two attached hydrogens (primary N) is 1. The van der Waals surface area contributed by atoms with Crippen molar-refractivity contribution in [1.82, 2.24) is 10.2 Å². The van der Waals surface area contributed by atoms with Gasteiger partial charge in [0.2, 0.25) is 12.3 Å². The molecule has 2 aliphatic heterocycles. The van der Waals surface area contributed by atoms with Gasteiger partial charge in [0.1, 0.15) is 11.4 Å². The Kier molecular flexibility index (Phi) is 15.9. The average Bonchev–Trinajstić information content (AvgIpc) is 3.70. The highest BCUT2D eigenvalue weighted by atomic mass is 35.5. The summed E-state index contributed by atoms with van der Waals surface area (Å²) in [4.78, 5) is 28.4. The van der Waals surface area contributed by atoms with Crippen LogP contribution in [0.1, 0.15) is 71.9 Å². The molecule has 1 aromatic carbocycles. The van der Waals surface area contributed by atoms with Gasteiger partial charge in [-0.1, -0.05) is 48.0 Å². The van der Waals surface area contributed by atoms with E-state index in [4.69, 9.17) is 33.7 Å². The third-order valence-corrected chi connectivity index (χ3v) is 6.30. The molecule has 1 aliphatic carbocycles. The largest absolute Gasteiger partial charge is 0.486 e. The van der Waals surface area contributed by atoms with E-state index in [-0.39, 0.29) is 23.1 Å². The van der Waals surface area contributed by atoms with Crippen molar-refractivity contribution in [3.05, 3.63) is 52.5 Å². The zero-order valence-electron chi connectivity index (χ0n) is 24.1. The summed E-state index contributed by atoms with van der Waals surface area (Å²) in [5.74, 6) is 1.79. The van der Waals surface area contributed by atoms with Crippen molar-refractivity contribution in [3.63, 3.8) is 0 Å². The first-order chi connectivity index (χ1) is 18.8. The molecule has 218 valence electrons. The molecule has 0 bridgehead atoms. The van der Waals surface area contributed by atoms with E-state index in [1.165, 1.54) is 12.8 Å². The molecule has 2 amide bonds. The van der Waals surface area contributed by atoms with E-state index in [1.807, 2.05) is 46.8 Å². The van der Waals surface area contributed by atoms with Crippen molar-refractivity contribution in [2.45, 2.75) is 77.5 Å². The Balaban J connectivity index is 0.000000595. The number of carbonyl (C=O) groups excluding carboxylic acids is 2. The molecule has 3 N–H and O–H groups in total. The third kappa shape index (κ3) is 12.2. The molecule has 9 heteroatoms. The standard InChI is InChI=1S/C12H13Cl2NO2.C10H17N3O.C5H8.2C2H2/c1-12(2)5-10(15-6-16)8-3-7(13)4-9(14)11(8)17-12;1-10(2)5-8(14)13(9(11)12-10)6-7-3-4-7;1-3-5-4-2;2*1-2/h3-4,6,10H,5H2,1-2H3,(H,15,16);7H,3-6H2,1-2H3,(H2,11,12);3-5H,1H2,2H3;2*1-2H/b;;5-4-;;. The fraction of sp³-hybridized carbons (Fsp3) is 0.452.